The molecule has 0 bridgehead atoms. The van der Waals surface area contributed by atoms with Crippen LogP contribution >= 0.6 is 12.4 Å². The van der Waals surface area contributed by atoms with E-state index < -0.39 is 5.97 Å². The Morgan fingerprint density at radius 1 is 1.67 bits per heavy atom. The minimum absolute atomic E-state index is 0. The molecule has 0 aromatic rings. The molecule has 5 nitrogen and oxygen atoms in total. The Morgan fingerprint density at radius 3 is 2.67 bits per heavy atom. The molecule has 0 aliphatic carbocycles. The number of hydrogen-bond donors (Lipinski definition) is 3. The smallest absolute Gasteiger partial charge is 0.306 e. The van der Waals surface area contributed by atoms with Gasteiger partial charge in [0.2, 0.25) is 0 Å². The van der Waals surface area contributed by atoms with Gasteiger partial charge >= 0.3 is 5.97 Å². The molecule has 0 amide bonds. The first-order valence-corrected chi connectivity index (χ1v) is 4.81. The molecule has 1 heterocycles. The Bertz CT molecular complexity index is 198. The first-order chi connectivity index (χ1) is 6.62. The number of morpholine rings is 1. The summed E-state index contributed by atoms with van der Waals surface area (Å²) in [5.41, 5.74) is -0.380. The summed E-state index contributed by atoms with van der Waals surface area (Å²) in [5.74, 6) is -0.857. The molecule has 1 fully saturated rings. The van der Waals surface area contributed by atoms with Crippen LogP contribution in [-0.2, 0) is 9.53 Å². The van der Waals surface area contributed by atoms with Crippen molar-refractivity contribution in [3.05, 3.63) is 0 Å². The summed E-state index contributed by atoms with van der Waals surface area (Å²) in [6.45, 7) is 2.84. The van der Waals surface area contributed by atoms with E-state index in [-0.39, 0.29) is 37.1 Å². The quantitative estimate of drug-likeness (QED) is 0.644. The third-order valence-corrected chi connectivity index (χ3v) is 2.68. The Kier molecular flexibility index (Phi) is 6.12. The van der Waals surface area contributed by atoms with E-state index in [1.165, 1.54) is 0 Å². The fourth-order valence-corrected chi connectivity index (χ4v) is 1.48. The van der Waals surface area contributed by atoms with E-state index in [0.717, 1.165) is 6.42 Å². The molecular weight excluding hydrogens is 222 g/mol. The summed E-state index contributed by atoms with van der Waals surface area (Å²) in [6.07, 6.45) is 0.500. The number of rotatable bonds is 4. The molecule has 2 unspecified atom stereocenters. The number of carbonyl (C=O) groups is 1. The summed E-state index contributed by atoms with van der Waals surface area (Å²) in [4.78, 5) is 10.4. The van der Waals surface area contributed by atoms with Crippen LogP contribution in [0.4, 0.5) is 0 Å². The summed E-state index contributed by atoms with van der Waals surface area (Å²) in [6, 6.07) is 0. The number of ether oxygens (including phenoxy) is 1. The van der Waals surface area contributed by atoms with Gasteiger partial charge in [-0.05, 0) is 6.42 Å². The van der Waals surface area contributed by atoms with Crippen molar-refractivity contribution in [2.45, 2.75) is 31.4 Å². The molecule has 1 aliphatic rings. The van der Waals surface area contributed by atoms with Crippen LogP contribution < -0.4 is 5.32 Å². The third-order valence-electron chi connectivity index (χ3n) is 2.68. The highest BCUT2D eigenvalue weighted by atomic mass is 35.5. The van der Waals surface area contributed by atoms with Gasteiger partial charge in [-0.25, -0.2) is 0 Å². The predicted octanol–water partition coefficient (Wildman–Crippen LogP) is 0.0124. The number of carboxylic acids is 1. The molecular formula is C9H18ClNO4. The molecule has 15 heavy (non-hydrogen) atoms. The SMILES string of the molecule is CCC1(CO)COC(CC(=O)O)CN1.Cl. The Morgan fingerprint density at radius 2 is 2.33 bits per heavy atom. The molecule has 1 aliphatic heterocycles. The van der Waals surface area contributed by atoms with Gasteiger partial charge in [-0.3, -0.25) is 4.79 Å². The van der Waals surface area contributed by atoms with Crippen molar-refractivity contribution in [3.63, 3.8) is 0 Å². The van der Waals surface area contributed by atoms with Gasteiger partial charge in [-0.15, -0.1) is 12.4 Å². The van der Waals surface area contributed by atoms with E-state index >= 15 is 0 Å². The lowest BCUT2D eigenvalue weighted by Gasteiger charge is -2.39. The lowest BCUT2D eigenvalue weighted by molar-refractivity contribution is -0.142. The van der Waals surface area contributed by atoms with Crippen molar-refractivity contribution < 1.29 is 19.7 Å². The van der Waals surface area contributed by atoms with Gasteiger partial charge in [-0.2, -0.15) is 0 Å². The Hall–Kier alpha value is -0.360. The summed E-state index contributed by atoms with van der Waals surface area (Å²) in [5, 5.41) is 20.9. The number of halogens is 1. The molecule has 0 aromatic heterocycles. The van der Waals surface area contributed by atoms with Crippen molar-refractivity contribution in [3.8, 4) is 0 Å². The van der Waals surface area contributed by atoms with Gasteiger partial charge in [0.05, 0.1) is 31.3 Å². The highest BCUT2D eigenvalue weighted by Crippen LogP contribution is 2.17. The summed E-state index contributed by atoms with van der Waals surface area (Å²) >= 11 is 0. The normalized spacial score (nSPS) is 30.7. The number of aliphatic hydroxyl groups excluding tert-OH is 1. The van der Waals surface area contributed by atoms with Crippen LogP contribution in [0.2, 0.25) is 0 Å². The largest absolute Gasteiger partial charge is 0.481 e. The van der Waals surface area contributed by atoms with Crippen molar-refractivity contribution in [1.82, 2.24) is 5.32 Å². The Balaban J connectivity index is 0.00000196. The molecule has 1 rings (SSSR count). The van der Waals surface area contributed by atoms with Crippen molar-refractivity contribution >= 4 is 18.4 Å². The maximum atomic E-state index is 10.4. The first-order valence-electron chi connectivity index (χ1n) is 4.81. The fourth-order valence-electron chi connectivity index (χ4n) is 1.48. The zero-order chi connectivity index (χ0) is 10.6. The van der Waals surface area contributed by atoms with Crippen LogP contribution in [-0.4, -0.2) is 47.6 Å². The molecule has 0 radical (unpaired) electrons. The highest BCUT2D eigenvalue weighted by Gasteiger charge is 2.34. The van der Waals surface area contributed by atoms with Crippen LogP contribution in [0.3, 0.4) is 0 Å². The standard InChI is InChI=1S/C9H17NO4.ClH/c1-2-9(5-11)6-14-7(4-10-9)3-8(12)13;/h7,10-11H,2-6H2,1H3,(H,12,13);1H. The van der Waals surface area contributed by atoms with Crippen LogP contribution in [0.1, 0.15) is 19.8 Å². The van der Waals surface area contributed by atoms with Gasteiger partial charge < -0.3 is 20.3 Å². The van der Waals surface area contributed by atoms with Gasteiger partial charge in [0, 0.05) is 6.54 Å². The number of nitrogens with one attached hydrogen (secondary N) is 1. The number of aliphatic carboxylic acids is 1. The van der Waals surface area contributed by atoms with E-state index in [9.17, 15) is 4.79 Å². The van der Waals surface area contributed by atoms with E-state index in [2.05, 4.69) is 5.32 Å². The topological polar surface area (TPSA) is 78.8 Å². The van der Waals surface area contributed by atoms with Crippen LogP contribution in [0.25, 0.3) is 0 Å². The van der Waals surface area contributed by atoms with Crippen LogP contribution in [0.15, 0.2) is 0 Å². The Labute approximate surface area is 95.2 Å². The average Bonchev–Trinajstić information content (AvgIpc) is 2.19. The predicted molar refractivity (Wildman–Crippen MR) is 57.4 cm³/mol. The number of hydrogen-bond acceptors (Lipinski definition) is 4. The van der Waals surface area contributed by atoms with Crippen LogP contribution in [0, 0.1) is 0 Å². The second-order valence-electron chi connectivity index (χ2n) is 3.70. The maximum Gasteiger partial charge on any atom is 0.306 e. The molecule has 0 spiro atoms. The molecule has 3 N–H and O–H groups in total. The second-order valence-corrected chi connectivity index (χ2v) is 3.70. The monoisotopic (exact) mass is 239 g/mol. The summed E-state index contributed by atoms with van der Waals surface area (Å²) < 4.78 is 5.38. The van der Waals surface area contributed by atoms with Gasteiger partial charge in [0.1, 0.15) is 0 Å². The zero-order valence-corrected chi connectivity index (χ0v) is 9.55. The van der Waals surface area contributed by atoms with E-state index in [4.69, 9.17) is 14.9 Å². The molecule has 1 saturated heterocycles. The molecule has 90 valence electrons. The molecule has 2 atom stereocenters. The number of carboxylic acid groups (broad SMARTS) is 1. The van der Waals surface area contributed by atoms with E-state index in [1.807, 2.05) is 6.92 Å². The third kappa shape index (κ3) is 3.95. The molecule has 0 saturated carbocycles. The van der Waals surface area contributed by atoms with Gasteiger partial charge in [0.15, 0.2) is 0 Å². The molecule has 6 heteroatoms. The van der Waals surface area contributed by atoms with Gasteiger partial charge in [-0.1, -0.05) is 6.92 Å². The van der Waals surface area contributed by atoms with E-state index in [1.54, 1.807) is 0 Å². The van der Waals surface area contributed by atoms with E-state index in [0.29, 0.717) is 13.2 Å². The van der Waals surface area contributed by atoms with Crippen molar-refractivity contribution in [2.75, 3.05) is 19.8 Å². The first kappa shape index (κ1) is 14.6. The number of aliphatic hydroxyl groups is 1. The lowest BCUT2D eigenvalue weighted by atomic mass is 9.96. The average molecular weight is 240 g/mol. The fraction of sp³-hybridized carbons (Fsp3) is 0.889. The van der Waals surface area contributed by atoms with Gasteiger partial charge in [0.25, 0.3) is 0 Å². The van der Waals surface area contributed by atoms with Crippen molar-refractivity contribution in [2.24, 2.45) is 0 Å². The minimum atomic E-state index is -0.857. The second kappa shape index (κ2) is 6.27. The minimum Gasteiger partial charge on any atom is -0.481 e. The highest BCUT2D eigenvalue weighted by molar-refractivity contribution is 5.85. The van der Waals surface area contributed by atoms with Crippen LogP contribution in [0.5, 0.6) is 0 Å². The van der Waals surface area contributed by atoms with Crippen molar-refractivity contribution in [1.29, 1.82) is 0 Å². The maximum absolute atomic E-state index is 10.4. The lowest BCUT2D eigenvalue weighted by Crippen LogP contribution is -2.59. The molecule has 0 aromatic carbocycles. The zero-order valence-electron chi connectivity index (χ0n) is 8.73. The summed E-state index contributed by atoms with van der Waals surface area (Å²) in [7, 11) is 0.